The molecule has 0 spiro atoms. The van der Waals surface area contributed by atoms with Gasteiger partial charge in [-0.1, -0.05) is 36.4 Å². The van der Waals surface area contributed by atoms with E-state index in [0.29, 0.717) is 5.56 Å². The Balaban J connectivity index is 2.30. The van der Waals surface area contributed by atoms with Crippen LogP contribution in [0.3, 0.4) is 0 Å². The Hall–Kier alpha value is -2.92. The third kappa shape index (κ3) is 2.38. The van der Waals surface area contributed by atoms with Gasteiger partial charge in [0, 0.05) is 17.3 Å². The molecule has 3 rings (SSSR count). The van der Waals surface area contributed by atoms with Crippen molar-refractivity contribution in [3.8, 4) is 28.5 Å². The van der Waals surface area contributed by atoms with Crippen molar-refractivity contribution < 1.29 is 0 Å². The molecule has 0 saturated heterocycles. The Kier molecular flexibility index (Phi) is 3.72. The van der Waals surface area contributed by atoms with Crippen LogP contribution in [-0.2, 0) is 0 Å². The molecule has 106 valence electrons. The summed E-state index contributed by atoms with van der Waals surface area (Å²) in [5.74, 6) is 0. The fourth-order valence-corrected chi connectivity index (χ4v) is 2.80. The number of hydrogen-bond donors (Lipinski definition) is 0. The highest BCUT2D eigenvalue weighted by Crippen LogP contribution is 2.35. The van der Waals surface area contributed by atoms with Crippen LogP contribution in [0.4, 0.5) is 0 Å². The minimum absolute atomic E-state index is 0.700. The van der Waals surface area contributed by atoms with E-state index in [1.165, 1.54) is 5.56 Å². The number of nitriles is 1. The van der Waals surface area contributed by atoms with E-state index in [1.54, 1.807) is 6.20 Å². The summed E-state index contributed by atoms with van der Waals surface area (Å²) >= 11 is 0. The zero-order valence-corrected chi connectivity index (χ0v) is 12.7. The zero-order valence-electron chi connectivity index (χ0n) is 12.7. The Labute approximate surface area is 130 Å². The third-order valence-corrected chi connectivity index (χ3v) is 3.94. The SMILES string of the molecule is Cc1ccccc1-c1c(C#N)ccc(-c2ccccn2)c1C. The highest BCUT2D eigenvalue weighted by molar-refractivity contribution is 5.82. The van der Waals surface area contributed by atoms with Crippen LogP contribution in [0.25, 0.3) is 22.4 Å². The van der Waals surface area contributed by atoms with Gasteiger partial charge in [-0.3, -0.25) is 4.98 Å². The highest BCUT2D eigenvalue weighted by Gasteiger charge is 2.14. The largest absolute Gasteiger partial charge is 0.256 e. The van der Waals surface area contributed by atoms with Crippen molar-refractivity contribution in [1.29, 1.82) is 5.26 Å². The molecule has 0 radical (unpaired) electrons. The fraction of sp³-hybridized carbons (Fsp3) is 0.100. The lowest BCUT2D eigenvalue weighted by molar-refractivity contribution is 1.30. The van der Waals surface area contributed by atoms with Gasteiger partial charge in [0.25, 0.3) is 0 Å². The molecule has 0 aliphatic heterocycles. The summed E-state index contributed by atoms with van der Waals surface area (Å²) in [4.78, 5) is 4.44. The van der Waals surface area contributed by atoms with E-state index in [2.05, 4.69) is 37.0 Å². The number of aromatic nitrogens is 1. The van der Waals surface area contributed by atoms with Gasteiger partial charge < -0.3 is 0 Å². The molecule has 0 aliphatic rings. The van der Waals surface area contributed by atoms with E-state index in [-0.39, 0.29) is 0 Å². The minimum atomic E-state index is 0.700. The Morgan fingerprint density at radius 2 is 1.64 bits per heavy atom. The molecule has 2 aromatic carbocycles. The van der Waals surface area contributed by atoms with Gasteiger partial charge in [-0.15, -0.1) is 0 Å². The molecule has 0 amide bonds. The normalized spacial score (nSPS) is 10.2. The maximum absolute atomic E-state index is 9.49. The van der Waals surface area contributed by atoms with Gasteiger partial charge in [-0.2, -0.15) is 5.26 Å². The lowest BCUT2D eigenvalue weighted by Crippen LogP contribution is -1.95. The number of hydrogen-bond acceptors (Lipinski definition) is 2. The number of aryl methyl sites for hydroxylation is 1. The molecule has 0 N–H and O–H groups in total. The maximum atomic E-state index is 9.49. The number of rotatable bonds is 2. The Morgan fingerprint density at radius 3 is 2.32 bits per heavy atom. The first-order chi connectivity index (χ1) is 10.7. The fourth-order valence-electron chi connectivity index (χ4n) is 2.80. The molecular formula is C20H16N2. The summed E-state index contributed by atoms with van der Waals surface area (Å²) < 4.78 is 0. The average molecular weight is 284 g/mol. The molecule has 2 heteroatoms. The highest BCUT2D eigenvalue weighted by atomic mass is 14.7. The van der Waals surface area contributed by atoms with Crippen molar-refractivity contribution >= 4 is 0 Å². The zero-order chi connectivity index (χ0) is 15.5. The summed E-state index contributed by atoms with van der Waals surface area (Å²) in [6.07, 6.45) is 1.79. The molecule has 22 heavy (non-hydrogen) atoms. The molecule has 2 nitrogen and oxygen atoms in total. The molecule has 0 bridgehead atoms. The molecule has 0 atom stereocenters. The van der Waals surface area contributed by atoms with Crippen LogP contribution in [-0.4, -0.2) is 4.98 Å². The van der Waals surface area contributed by atoms with Crippen molar-refractivity contribution in [3.05, 3.63) is 77.5 Å². The minimum Gasteiger partial charge on any atom is -0.256 e. The quantitative estimate of drug-likeness (QED) is 0.670. The first kappa shape index (κ1) is 14.0. The van der Waals surface area contributed by atoms with Crippen LogP contribution in [0.15, 0.2) is 60.8 Å². The standard InChI is InChI=1S/C20H16N2/c1-14-7-3-4-8-17(14)20-15(2)18(11-10-16(20)13-21)19-9-5-6-12-22-19/h3-12H,1-2H3. The molecular weight excluding hydrogens is 268 g/mol. The molecule has 0 fully saturated rings. The summed E-state index contributed by atoms with van der Waals surface area (Å²) in [5, 5.41) is 9.49. The smallest absolute Gasteiger partial charge is 0.0998 e. The van der Waals surface area contributed by atoms with Crippen LogP contribution in [0.1, 0.15) is 16.7 Å². The van der Waals surface area contributed by atoms with Crippen LogP contribution >= 0.6 is 0 Å². The van der Waals surface area contributed by atoms with Gasteiger partial charge >= 0.3 is 0 Å². The van der Waals surface area contributed by atoms with E-state index in [0.717, 1.165) is 27.9 Å². The van der Waals surface area contributed by atoms with E-state index < -0.39 is 0 Å². The lowest BCUT2D eigenvalue weighted by atomic mass is 9.89. The molecule has 0 unspecified atom stereocenters. The average Bonchev–Trinajstić information content (AvgIpc) is 2.56. The van der Waals surface area contributed by atoms with Gasteiger partial charge in [-0.05, 0) is 48.7 Å². The molecule has 0 saturated carbocycles. The number of nitrogens with zero attached hydrogens (tertiary/aromatic N) is 2. The van der Waals surface area contributed by atoms with E-state index in [9.17, 15) is 5.26 Å². The van der Waals surface area contributed by atoms with Crippen LogP contribution < -0.4 is 0 Å². The first-order valence-corrected chi connectivity index (χ1v) is 7.23. The number of benzene rings is 2. The second kappa shape index (κ2) is 5.83. The van der Waals surface area contributed by atoms with E-state index in [4.69, 9.17) is 0 Å². The van der Waals surface area contributed by atoms with Crippen LogP contribution in [0, 0.1) is 25.2 Å². The molecule has 1 heterocycles. The molecule has 1 aromatic heterocycles. The van der Waals surface area contributed by atoms with Gasteiger partial charge in [-0.25, -0.2) is 0 Å². The predicted molar refractivity (Wildman–Crippen MR) is 89.3 cm³/mol. The Bertz CT molecular complexity index is 859. The molecule has 0 aliphatic carbocycles. The maximum Gasteiger partial charge on any atom is 0.0998 e. The van der Waals surface area contributed by atoms with Gasteiger partial charge in [0.05, 0.1) is 17.3 Å². The summed E-state index contributed by atoms with van der Waals surface area (Å²) in [7, 11) is 0. The van der Waals surface area contributed by atoms with Crippen LogP contribution in [0.2, 0.25) is 0 Å². The topological polar surface area (TPSA) is 36.7 Å². The van der Waals surface area contributed by atoms with E-state index >= 15 is 0 Å². The second-order valence-corrected chi connectivity index (χ2v) is 5.30. The van der Waals surface area contributed by atoms with Gasteiger partial charge in [0.1, 0.15) is 0 Å². The van der Waals surface area contributed by atoms with Crippen molar-refractivity contribution in [2.24, 2.45) is 0 Å². The first-order valence-electron chi connectivity index (χ1n) is 7.23. The Morgan fingerprint density at radius 1 is 0.864 bits per heavy atom. The van der Waals surface area contributed by atoms with Crippen molar-refractivity contribution in [2.75, 3.05) is 0 Å². The van der Waals surface area contributed by atoms with Crippen molar-refractivity contribution in [1.82, 2.24) is 4.98 Å². The summed E-state index contributed by atoms with van der Waals surface area (Å²) in [6, 6.07) is 20.2. The van der Waals surface area contributed by atoms with Crippen molar-refractivity contribution in [2.45, 2.75) is 13.8 Å². The van der Waals surface area contributed by atoms with Crippen molar-refractivity contribution in [3.63, 3.8) is 0 Å². The van der Waals surface area contributed by atoms with Gasteiger partial charge in [0.2, 0.25) is 0 Å². The monoisotopic (exact) mass is 284 g/mol. The lowest BCUT2D eigenvalue weighted by Gasteiger charge is -2.15. The third-order valence-electron chi connectivity index (χ3n) is 3.94. The molecule has 3 aromatic rings. The summed E-state index contributed by atoms with van der Waals surface area (Å²) in [6.45, 7) is 4.13. The second-order valence-electron chi connectivity index (χ2n) is 5.30. The predicted octanol–water partition coefficient (Wildman–Crippen LogP) is 4.90. The van der Waals surface area contributed by atoms with E-state index in [1.807, 2.05) is 42.5 Å². The summed E-state index contributed by atoms with van der Waals surface area (Å²) in [5.41, 5.74) is 7.06. The van der Waals surface area contributed by atoms with Gasteiger partial charge in [0.15, 0.2) is 0 Å². The number of pyridine rings is 1. The van der Waals surface area contributed by atoms with Crippen LogP contribution in [0.5, 0.6) is 0 Å².